The lowest BCUT2D eigenvalue weighted by Gasteiger charge is -2.22. The highest BCUT2D eigenvalue weighted by Gasteiger charge is 2.15. The van der Waals surface area contributed by atoms with Gasteiger partial charge in [0.1, 0.15) is 0 Å². The number of hydrogen-bond acceptors (Lipinski definition) is 1. The van der Waals surface area contributed by atoms with Crippen molar-refractivity contribution in [1.29, 1.82) is 0 Å². The summed E-state index contributed by atoms with van der Waals surface area (Å²) in [5.41, 5.74) is 8.41. The highest BCUT2D eigenvalue weighted by atomic mass is 14.9. The van der Waals surface area contributed by atoms with Gasteiger partial charge in [-0.05, 0) is 74.5 Å². The SMILES string of the molecule is CNC(Cc1c(C)cccc1C)c1cccc(C)c1C. The van der Waals surface area contributed by atoms with E-state index in [1.165, 1.54) is 33.4 Å². The fourth-order valence-electron chi connectivity index (χ4n) is 2.89. The third kappa shape index (κ3) is 2.94. The Bertz CT molecular complexity index is 578. The number of likely N-dealkylation sites (N-methyl/N-ethyl adjacent to an activating group) is 1. The Hall–Kier alpha value is -1.60. The third-order valence-corrected chi connectivity index (χ3v) is 4.42. The molecule has 1 unspecified atom stereocenters. The summed E-state index contributed by atoms with van der Waals surface area (Å²) in [6.07, 6.45) is 1.04. The zero-order chi connectivity index (χ0) is 14.7. The molecule has 0 heterocycles. The average Bonchev–Trinajstić information content (AvgIpc) is 2.42. The first-order chi connectivity index (χ1) is 9.54. The van der Waals surface area contributed by atoms with E-state index < -0.39 is 0 Å². The Morgan fingerprint density at radius 3 is 2.00 bits per heavy atom. The van der Waals surface area contributed by atoms with Gasteiger partial charge in [0.05, 0.1) is 0 Å². The molecule has 0 aliphatic heterocycles. The molecule has 2 aromatic carbocycles. The van der Waals surface area contributed by atoms with Crippen molar-refractivity contribution >= 4 is 0 Å². The van der Waals surface area contributed by atoms with Crippen molar-refractivity contribution in [3.63, 3.8) is 0 Å². The summed E-state index contributed by atoms with van der Waals surface area (Å²) in [6, 6.07) is 13.5. The van der Waals surface area contributed by atoms with Crippen LogP contribution in [0.5, 0.6) is 0 Å². The fourth-order valence-corrected chi connectivity index (χ4v) is 2.89. The Balaban J connectivity index is 2.37. The molecule has 0 aromatic heterocycles. The Morgan fingerprint density at radius 2 is 1.40 bits per heavy atom. The highest BCUT2D eigenvalue weighted by molar-refractivity contribution is 5.39. The lowest BCUT2D eigenvalue weighted by molar-refractivity contribution is 0.585. The van der Waals surface area contributed by atoms with Crippen molar-refractivity contribution in [3.8, 4) is 0 Å². The smallest absolute Gasteiger partial charge is 0.0361 e. The van der Waals surface area contributed by atoms with E-state index in [0.29, 0.717) is 6.04 Å². The van der Waals surface area contributed by atoms with E-state index in [9.17, 15) is 0 Å². The van der Waals surface area contributed by atoms with Crippen LogP contribution in [0.1, 0.15) is 39.4 Å². The van der Waals surface area contributed by atoms with Crippen LogP contribution >= 0.6 is 0 Å². The summed E-state index contributed by atoms with van der Waals surface area (Å²) in [6.45, 7) is 8.82. The maximum Gasteiger partial charge on any atom is 0.0361 e. The highest BCUT2D eigenvalue weighted by Crippen LogP contribution is 2.26. The second-order valence-corrected chi connectivity index (χ2v) is 5.70. The van der Waals surface area contributed by atoms with E-state index in [1.807, 2.05) is 0 Å². The predicted octanol–water partition coefficient (Wildman–Crippen LogP) is 4.42. The summed E-state index contributed by atoms with van der Waals surface area (Å²) in [5.74, 6) is 0. The van der Waals surface area contributed by atoms with Crippen molar-refractivity contribution in [3.05, 3.63) is 69.8 Å². The van der Waals surface area contributed by atoms with Gasteiger partial charge >= 0.3 is 0 Å². The molecule has 0 saturated heterocycles. The van der Waals surface area contributed by atoms with E-state index >= 15 is 0 Å². The van der Waals surface area contributed by atoms with Crippen LogP contribution < -0.4 is 5.32 Å². The van der Waals surface area contributed by atoms with Crippen LogP contribution in [-0.4, -0.2) is 7.05 Å². The minimum absolute atomic E-state index is 0.370. The minimum atomic E-state index is 0.370. The van der Waals surface area contributed by atoms with Crippen molar-refractivity contribution in [2.45, 2.75) is 40.2 Å². The molecule has 0 aliphatic carbocycles. The van der Waals surface area contributed by atoms with E-state index in [4.69, 9.17) is 0 Å². The van der Waals surface area contributed by atoms with Crippen LogP contribution in [0.15, 0.2) is 36.4 Å². The van der Waals surface area contributed by atoms with Gasteiger partial charge in [-0.15, -0.1) is 0 Å². The van der Waals surface area contributed by atoms with Gasteiger partial charge in [0, 0.05) is 6.04 Å². The van der Waals surface area contributed by atoms with Crippen LogP contribution in [0.4, 0.5) is 0 Å². The van der Waals surface area contributed by atoms with E-state index in [2.05, 4.69) is 76.5 Å². The van der Waals surface area contributed by atoms with Crippen LogP contribution in [0.2, 0.25) is 0 Å². The van der Waals surface area contributed by atoms with Gasteiger partial charge in [-0.3, -0.25) is 0 Å². The quantitative estimate of drug-likeness (QED) is 0.864. The van der Waals surface area contributed by atoms with Gasteiger partial charge in [0.25, 0.3) is 0 Å². The van der Waals surface area contributed by atoms with Crippen molar-refractivity contribution in [1.82, 2.24) is 5.32 Å². The first-order valence-corrected chi connectivity index (χ1v) is 7.33. The molecule has 0 fully saturated rings. The Kier molecular flexibility index (Phi) is 4.61. The maximum absolute atomic E-state index is 3.49. The summed E-state index contributed by atoms with van der Waals surface area (Å²) < 4.78 is 0. The fraction of sp³-hybridized carbons (Fsp3) is 0.368. The normalized spacial score (nSPS) is 12.4. The zero-order valence-corrected chi connectivity index (χ0v) is 13.2. The third-order valence-electron chi connectivity index (χ3n) is 4.42. The molecule has 0 bridgehead atoms. The first kappa shape index (κ1) is 14.8. The molecule has 106 valence electrons. The molecule has 1 nitrogen and oxygen atoms in total. The number of hydrogen-bond donors (Lipinski definition) is 1. The monoisotopic (exact) mass is 267 g/mol. The second-order valence-electron chi connectivity index (χ2n) is 5.70. The van der Waals surface area contributed by atoms with Gasteiger partial charge in [0.2, 0.25) is 0 Å². The van der Waals surface area contributed by atoms with Gasteiger partial charge in [-0.25, -0.2) is 0 Å². The van der Waals surface area contributed by atoms with Crippen LogP contribution in [-0.2, 0) is 6.42 Å². The molecule has 2 aromatic rings. The minimum Gasteiger partial charge on any atom is -0.313 e. The van der Waals surface area contributed by atoms with E-state index in [1.54, 1.807) is 0 Å². The number of rotatable bonds is 4. The Morgan fingerprint density at radius 1 is 0.850 bits per heavy atom. The molecule has 0 aliphatic rings. The van der Waals surface area contributed by atoms with Gasteiger partial charge in [-0.2, -0.15) is 0 Å². The van der Waals surface area contributed by atoms with Crippen LogP contribution in [0.25, 0.3) is 0 Å². The largest absolute Gasteiger partial charge is 0.313 e. The van der Waals surface area contributed by atoms with Gasteiger partial charge in [0.15, 0.2) is 0 Å². The molecule has 0 spiro atoms. The maximum atomic E-state index is 3.49. The molecule has 2 rings (SSSR count). The molecule has 1 atom stereocenters. The topological polar surface area (TPSA) is 12.0 Å². The number of aryl methyl sites for hydroxylation is 3. The zero-order valence-electron chi connectivity index (χ0n) is 13.2. The molecule has 1 heteroatoms. The molecule has 0 radical (unpaired) electrons. The second kappa shape index (κ2) is 6.23. The lowest BCUT2D eigenvalue weighted by atomic mass is 9.90. The van der Waals surface area contributed by atoms with Crippen molar-refractivity contribution in [2.75, 3.05) is 7.05 Å². The number of benzene rings is 2. The van der Waals surface area contributed by atoms with E-state index in [-0.39, 0.29) is 0 Å². The van der Waals surface area contributed by atoms with Crippen molar-refractivity contribution < 1.29 is 0 Å². The molecular weight excluding hydrogens is 242 g/mol. The van der Waals surface area contributed by atoms with Crippen molar-refractivity contribution in [2.24, 2.45) is 0 Å². The van der Waals surface area contributed by atoms with Crippen LogP contribution in [0, 0.1) is 27.7 Å². The molecule has 20 heavy (non-hydrogen) atoms. The Labute approximate surface area is 123 Å². The molecule has 0 amide bonds. The van der Waals surface area contributed by atoms with Gasteiger partial charge < -0.3 is 5.32 Å². The van der Waals surface area contributed by atoms with E-state index in [0.717, 1.165) is 6.42 Å². The molecule has 1 N–H and O–H groups in total. The summed E-state index contributed by atoms with van der Waals surface area (Å²) in [7, 11) is 2.06. The lowest BCUT2D eigenvalue weighted by Crippen LogP contribution is -2.21. The van der Waals surface area contributed by atoms with Crippen LogP contribution in [0.3, 0.4) is 0 Å². The molecule has 0 saturated carbocycles. The standard InChI is InChI=1S/C19H25N/c1-13-8-7-11-17(16(13)4)19(20-5)12-18-14(2)9-6-10-15(18)3/h6-11,19-20H,12H2,1-5H3. The average molecular weight is 267 g/mol. The first-order valence-electron chi connectivity index (χ1n) is 7.33. The number of nitrogens with one attached hydrogen (secondary N) is 1. The summed E-state index contributed by atoms with van der Waals surface area (Å²) in [5, 5.41) is 3.49. The molecular formula is C19H25N. The predicted molar refractivity (Wildman–Crippen MR) is 87.3 cm³/mol. The van der Waals surface area contributed by atoms with Gasteiger partial charge in [-0.1, -0.05) is 36.4 Å². The summed E-state index contributed by atoms with van der Waals surface area (Å²) in [4.78, 5) is 0. The summed E-state index contributed by atoms with van der Waals surface area (Å²) >= 11 is 0.